The van der Waals surface area contributed by atoms with Crippen LogP contribution in [0.1, 0.15) is 24.8 Å². The van der Waals surface area contributed by atoms with Crippen LogP contribution in [0, 0.1) is 11.3 Å². The number of halogens is 1. The van der Waals surface area contributed by atoms with Crippen LogP contribution in [-0.2, 0) is 4.79 Å². The van der Waals surface area contributed by atoms with Gasteiger partial charge in [-0.25, -0.2) is 24.3 Å². The number of aromatic nitrogens is 4. The van der Waals surface area contributed by atoms with Crippen LogP contribution in [-0.4, -0.2) is 80.8 Å². The Kier molecular flexibility index (Phi) is 7.67. The number of aliphatic hydroxyl groups excluding tert-OH is 1. The van der Waals surface area contributed by atoms with Gasteiger partial charge in [-0.15, -0.1) is 0 Å². The van der Waals surface area contributed by atoms with E-state index in [1.165, 1.54) is 0 Å². The average molecular weight is 518 g/mol. The summed E-state index contributed by atoms with van der Waals surface area (Å²) in [6.45, 7) is 2.42. The number of alkyl halides is 1. The van der Waals surface area contributed by atoms with Gasteiger partial charge in [0.25, 0.3) is 0 Å². The molecule has 2 fully saturated rings. The van der Waals surface area contributed by atoms with Gasteiger partial charge in [0.2, 0.25) is 11.9 Å². The van der Waals surface area contributed by atoms with E-state index in [-0.39, 0.29) is 25.1 Å². The molecule has 12 heteroatoms. The predicted molar refractivity (Wildman–Crippen MR) is 140 cm³/mol. The topological polar surface area (TPSA) is 143 Å². The molecular formula is C26H28FN9O2. The third-order valence-electron chi connectivity index (χ3n) is 6.58. The third kappa shape index (κ3) is 6.19. The van der Waals surface area contributed by atoms with Crippen LogP contribution in [0.25, 0.3) is 11.3 Å². The van der Waals surface area contributed by atoms with Crippen molar-refractivity contribution in [2.75, 3.05) is 48.3 Å². The monoisotopic (exact) mass is 517 g/mol. The lowest BCUT2D eigenvalue weighted by Gasteiger charge is -2.28. The molecule has 0 saturated carbocycles. The molecule has 196 valence electrons. The Balaban J connectivity index is 1.21. The number of carbonyl (C=O) groups excluding carboxylic acids is 1. The highest BCUT2D eigenvalue weighted by Gasteiger charge is 2.25. The minimum absolute atomic E-state index is 0.156. The first-order valence-corrected chi connectivity index (χ1v) is 12.5. The van der Waals surface area contributed by atoms with E-state index in [9.17, 15) is 19.6 Å². The third-order valence-corrected chi connectivity index (χ3v) is 6.58. The first-order chi connectivity index (χ1) is 18.5. The largest absolute Gasteiger partial charge is 0.393 e. The van der Waals surface area contributed by atoms with Gasteiger partial charge in [-0.1, -0.05) is 0 Å². The van der Waals surface area contributed by atoms with Crippen LogP contribution in [0.15, 0.2) is 42.9 Å². The normalized spacial score (nSPS) is 18.2. The Labute approximate surface area is 219 Å². The number of likely N-dealkylation sites (tertiary alicyclic amines) is 1. The van der Waals surface area contributed by atoms with Gasteiger partial charge in [0.15, 0.2) is 0 Å². The zero-order valence-corrected chi connectivity index (χ0v) is 20.7. The van der Waals surface area contributed by atoms with Gasteiger partial charge in [-0.05, 0) is 43.5 Å². The highest BCUT2D eigenvalue weighted by Crippen LogP contribution is 2.27. The lowest BCUT2D eigenvalue weighted by atomic mass is 10.1. The number of carbonyl (C=O) groups is 1. The molecule has 0 bridgehead atoms. The summed E-state index contributed by atoms with van der Waals surface area (Å²) in [5.74, 6) is 1.09. The first kappa shape index (κ1) is 25.4. The maximum atomic E-state index is 13.6. The van der Waals surface area contributed by atoms with Crippen molar-refractivity contribution >= 4 is 29.2 Å². The molecule has 0 spiro atoms. The van der Waals surface area contributed by atoms with E-state index in [0.717, 1.165) is 0 Å². The van der Waals surface area contributed by atoms with Crippen molar-refractivity contribution in [2.45, 2.75) is 31.5 Å². The van der Waals surface area contributed by atoms with Gasteiger partial charge in [0.05, 0.1) is 42.3 Å². The molecule has 11 nitrogen and oxygen atoms in total. The number of nitrogens with zero attached hydrogens (tertiary/aromatic N) is 7. The summed E-state index contributed by atoms with van der Waals surface area (Å²) in [6, 6.07) is 9.02. The molecule has 3 aromatic heterocycles. The van der Waals surface area contributed by atoms with Crippen molar-refractivity contribution in [3.8, 4) is 17.3 Å². The van der Waals surface area contributed by atoms with E-state index in [4.69, 9.17) is 0 Å². The van der Waals surface area contributed by atoms with E-state index in [0.29, 0.717) is 79.0 Å². The standard InChI is InChI=1S/C26H28FN9O2/c27-19-4-10-36(15-19)25-17(12-28)11-18(13-31-25)22-3-7-29-26(33-22)32-20-1-2-23(30-14-20)34-24(38)16-35-8-5-21(37)6-9-35/h1-3,7,11,13-14,19,21,37H,4-6,8-10,15-16H2,(H,29,32,33)(H,30,34,38). The first-order valence-electron chi connectivity index (χ1n) is 12.5. The van der Waals surface area contributed by atoms with Crippen LogP contribution in [0.2, 0.25) is 0 Å². The second-order valence-corrected chi connectivity index (χ2v) is 9.42. The van der Waals surface area contributed by atoms with E-state index in [1.807, 2.05) is 4.90 Å². The summed E-state index contributed by atoms with van der Waals surface area (Å²) in [6.07, 6.45) is 5.39. The molecule has 3 N–H and O–H groups in total. The Morgan fingerprint density at radius 3 is 2.68 bits per heavy atom. The smallest absolute Gasteiger partial charge is 0.239 e. The minimum Gasteiger partial charge on any atom is -0.393 e. The summed E-state index contributed by atoms with van der Waals surface area (Å²) in [5.41, 5.74) is 2.21. The molecule has 1 amide bonds. The quantitative estimate of drug-likeness (QED) is 0.428. The van der Waals surface area contributed by atoms with Crippen molar-refractivity contribution in [2.24, 2.45) is 0 Å². The van der Waals surface area contributed by atoms with Crippen molar-refractivity contribution < 1.29 is 14.3 Å². The van der Waals surface area contributed by atoms with Crippen molar-refractivity contribution in [3.63, 3.8) is 0 Å². The summed E-state index contributed by atoms with van der Waals surface area (Å²) >= 11 is 0. The number of aliphatic hydroxyl groups is 1. The maximum Gasteiger partial charge on any atom is 0.239 e. The van der Waals surface area contributed by atoms with Crippen LogP contribution < -0.4 is 15.5 Å². The average Bonchev–Trinajstić information content (AvgIpc) is 3.37. The molecule has 0 aliphatic carbocycles. The Hall–Kier alpha value is -4.21. The Morgan fingerprint density at radius 2 is 1.97 bits per heavy atom. The van der Waals surface area contributed by atoms with Crippen LogP contribution in [0.5, 0.6) is 0 Å². The Bertz CT molecular complexity index is 1320. The van der Waals surface area contributed by atoms with Gasteiger partial charge in [-0.2, -0.15) is 5.26 Å². The van der Waals surface area contributed by atoms with E-state index in [2.05, 4.69) is 36.6 Å². The van der Waals surface area contributed by atoms with E-state index < -0.39 is 6.17 Å². The van der Waals surface area contributed by atoms with Crippen LogP contribution in [0.4, 0.5) is 27.7 Å². The lowest BCUT2D eigenvalue weighted by Crippen LogP contribution is -2.40. The fraction of sp³-hybridized carbons (Fsp3) is 0.385. The second-order valence-electron chi connectivity index (χ2n) is 9.42. The zero-order valence-electron chi connectivity index (χ0n) is 20.7. The van der Waals surface area contributed by atoms with E-state index in [1.54, 1.807) is 47.8 Å². The molecule has 2 aliphatic heterocycles. The number of nitrogens with one attached hydrogen (secondary N) is 2. The molecule has 1 unspecified atom stereocenters. The number of rotatable bonds is 7. The molecule has 1 atom stereocenters. The van der Waals surface area contributed by atoms with Crippen LogP contribution in [0.3, 0.4) is 0 Å². The fourth-order valence-corrected chi connectivity index (χ4v) is 4.56. The number of anilines is 4. The summed E-state index contributed by atoms with van der Waals surface area (Å²) < 4.78 is 13.6. The molecule has 0 aromatic carbocycles. The number of pyridine rings is 2. The number of hydrogen-bond donors (Lipinski definition) is 3. The maximum absolute atomic E-state index is 13.6. The zero-order chi connectivity index (χ0) is 26.5. The molecule has 38 heavy (non-hydrogen) atoms. The SMILES string of the molecule is N#Cc1cc(-c2ccnc(Nc3ccc(NC(=O)CN4CCC(O)CC4)nc3)n2)cnc1N1CCC(F)C1. The Morgan fingerprint density at radius 1 is 1.13 bits per heavy atom. The summed E-state index contributed by atoms with van der Waals surface area (Å²) in [4.78, 5) is 33.6. The summed E-state index contributed by atoms with van der Waals surface area (Å²) in [7, 11) is 0. The highest BCUT2D eigenvalue weighted by molar-refractivity contribution is 5.91. The second kappa shape index (κ2) is 11.5. The molecular weight excluding hydrogens is 489 g/mol. The number of amides is 1. The van der Waals surface area contributed by atoms with Gasteiger partial charge < -0.3 is 20.6 Å². The van der Waals surface area contributed by atoms with E-state index >= 15 is 0 Å². The van der Waals surface area contributed by atoms with Crippen molar-refractivity contribution in [1.82, 2.24) is 24.8 Å². The number of piperidine rings is 1. The van der Waals surface area contributed by atoms with Crippen molar-refractivity contribution in [3.05, 3.63) is 48.4 Å². The van der Waals surface area contributed by atoms with Gasteiger partial charge in [-0.3, -0.25) is 9.69 Å². The van der Waals surface area contributed by atoms with Crippen LogP contribution >= 0.6 is 0 Å². The highest BCUT2D eigenvalue weighted by atomic mass is 19.1. The molecule has 0 radical (unpaired) electrons. The minimum atomic E-state index is -0.909. The molecule has 5 heterocycles. The lowest BCUT2D eigenvalue weighted by molar-refractivity contribution is -0.117. The number of nitriles is 1. The molecule has 3 aromatic rings. The van der Waals surface area contributed by atoms with Crippen molar-refractivity contribution in [1.29, 1.82) is 5.26 Å². The predicted octanol–water partition coefficient (Wildman–Crippen LogP) is 2.49. The fourth-order valence-electron chi connectivity index (χ4n) is 4.56. The summed E-state index contributed by atoms with van der Waals surface area (Å²) in [5, 5.41) is 25.1. The molecule has 2 saturated heterocycles. The molecule has 5 rings (SSSR count). The van der Waals surface area contributed by atoms with Gasteiger partial charge >= 0.3 is 0 Å². The molecule has 2 aliphatic rings. The number of hydrogen-bond acceptors (Lipinski definition) is 10. The van der Waals surface area contributed by atoms with Gasteiger partial charge in [0, 0.05) is 37.6 Å². The van der Waals surface area contributed by atoms with Gasteiger partial charge in [0.1, 0.15) is 23.9 Å².